The average molecular weight is 358 g/mol. The molecule has 0 bridgehead atoms. The van der Waals surface area contributed by atoms with Crippen molar-refractivity contribution < 1.29 is 9.18 Å². The number of hydrogen-bond donors (Lipinski definition) is 2. The Balaban J connectivity index is 1.58. The van der Waals surface area contributed by atoms with Crippen LogP contribution in [0.4, 0.5) is 26.6 Å². The number of aryl methyl sites for hydroxylation is 1. The van der Waals surface area contributed by atoms with Crippen LogP contribution in [-0.2, 0) is 0 Å². The van der Waals surface area contributed by atoms with E-state index in [0.29, 0.717) is 37.8 Å². The number of piperazine rings is 1. The van der Waals surface area contributed by atoms with Gasteiger partial charge in [0, 0.05) is 50.2 Å². The quantitative estimate of drug-likeness (QED) is 0.879. The predicted molar refractivity (Wildman–Crippen MR) is 100 cm³/mol. The third-order valence-corrected chi connectivity index (χ3v) is 4.15. The lowest BCUT2D eigenvalue weighted by Crippen LogP contribution is -2.50. The molecular formula is C18H23FN6O. The van der Waals surface area contributed by atoms with Crippen molar-refractivity contribution in [2.24, 2.45) is 0 Å². The molecule has 1 aliphatic rings. The fraction of sp³-hybridized carbons (Fsp3) is 0.389. The summed E-state index contributed by atoms with van der Waals surface area (Å²) in [6.45, 7) is 7.22. The van der Waals surface area contributed by atoms with Crippen LogP contribution < -0.4 is 15.5 Å². The van der Waals surface area contributed by atoms with Gasteiger partial charge in [-0.1, -0.05) is 0 Å². The fourth-order valence-corrected chi connectivity index (χ4v) is 2.81. The lowest BCUT2D eigenvalue weighted by atomic mass is 10.3. The summed E-state index contributed by atoms with van der Waals surface area (Å²) in [4.78, 5) is 25.2. The van der Waals surface area contributed by atoms with Crippen LogP contribution in [0.5, 0.6) is 0 Å². The van der Waals surface area contributed by atoms with E-state index < -0.39 is 0 Å². The minimum Gasteiger partial charge on any atom is -0.370 e. The third kappa shape index (κ3) is 4.38. The maximum atomic E-state index is 12.9. The van der Waals surface area contributed by atoms with E-state index in [1.807, 2.05) is 19.9 Å². The molecule has 8 heteroatoms. The van der Waals surface area contributed by atoms with Gasteiger partial charge < -0.3 is 20.4 Å². The van der Waals surface area contributed by atoms with Crippen molar-refractivity contribution in [3.05, 3.63) is 41.8 Å². The molecule has 26 heavy (non-hydrogen) atoms. The molecule has 1 aromatic heterocycles. The summed E-state index contributed by atoms with van der Waals surface area (Å²) in [5, 5.41) is 6.00. The monoisotopic (exact) mass is 358 g/mol. The molecule has 0 unspecified atom stereocenters. The number of anilines is 3. The molecule has 138 valence electrons. The van der Waals surface area contributed by atoms with E-state index in [0.717, 1.165) is 18.1 Å². The Morgan fingerprint density at radius 2 is 1.85 bits per heavy atom. The third-order valence-electron chi connectivity index (χ3n) is 4.15. The standard InChI is InChI=1S/C18H23FN6O/c1-3-20-16-12-13(2)21-17(23-16)24-8-10-25(11-9-24)18(26)22-15-6-4-14(19)5-7-15/h4-7,12H,3,8-11H2,1-2H3,(H,22,26)(H,20,21,23). The van der Waals surface area contributed by atoms with Gasteiger partial charge in [0.25, 0.3) is 0 Å². The topological polar surface area (TPSA) is 73.4 Å². The van der Waals surface area contributed by atoms with Crippen LogP contribution in [0.15, 0.2) is 30.3 Å². The van der Waals surface area contributed by atoms with Gasteiger partial charge in [0.05, 0.1) is 0 Å². The maximum Gasteiger partial charge on any atom is 0.321 e. The first-order chi connectivity index (χ1) is 12.5. The Kier molecular flexibility index (Phi) is 5.50. The molecule has 2 heterocycles. The number of amides is 2. The molecule has 0 aliphatic carbocycles. The van der Waals surface area contributed by atoms with Crippen molar-refractivity contribution in [1.29, 1.82) is 0 Å². The van der Waals surface area contributed by atoms with Crippen LogP contribution in [0.1, 0.15) is 12.6 Å². The number of carbonyl (C=O) groups is 1. The zero-order valence-electron chi connectivity index (χ0n) is 15.0. The lowest BCUT2D eigenvalue weighted by molar-refractivity contribution is 0.208. The molecule has 7 nitrogen and oxygen atoms in total. The van der Waals surface area contributed by atoms with E-state index in [-0.39, 0.29) is 11.8 Å². The molecule has 2 N–H and O–H groups in total. The maximum absolute atomic E-state index is 12.9. The van der Waals surface area contributed by atoms with Crippen molar-refractivity contribution >= 4 is 23.5 Å². The van der Waals surface area contributed by atoms with Gasteiger partial charge >= 0.3 is 6.03 Å². The largest absolute Gasteiger partial charge is 0.370 e. The summed E-state index contributed by atoms with van der Waals surface area (Å²) < 4.78 is 12.9. The van der Waals surface area contributed by atoms with Gasteiger partial charge in [0.15, 0.2) is 0 Å². The van der Waals surface area contributed by atoms with E-state index >= 15 is 0 Å². The van der Waals surface area contributed by atoms with Gasteiger partial charge in [0.2, 0.25) is 5.95 Å². The van der Waals surface area contributed by atoms with E-state index in [9.17, 15) is 9.18 Å². The van der Waals surface area contributed by atoms with Gasteiger partial charge in [-0.15, -0.1) is 0 Å². The molecule has 0 spiro atoms. The van der Waals surface area contributed by atoms with Gasteiger partial charge in [0.1, 0.15) is 11.6 Å². The second-order valence-corrected chi connectivity index (χ2v) is 6.14. The molecule has 1 saturated heterocycles. The molecular weight excluding hydrogens is 335 g/mol. The Morgan fingerprint density at radius 3 is 2.50 bits per heavy atom. The highest BCUT2D eigenvalue weighted by molar-refractivity contribution is 5.89. The number of nitrogens with one attached hydrogen (secondary N) is 2. The van der Waals surface area contributed by atoms with E-state index in [1.165, 1.54) is 12.1 Å². The van der Waals surface area contributed by atoms with Gasteiger partial charge in [-0.05, 0) is 38.1 Å². The van der Waals surface area contributed by atoms with Crippen LogP contribution in [-0.4, -0.2) is 53.6 Å². The Labute approximate surface area is 152 Å². The van der Waals surface area contributed by atoms with Gasteiger partial charge in [-0.3, -0.25) is 0 Å². The second kappa shape index (κ2) is 7.99. The fourth-order valence-electron chi connectivity index (χ4n) is 2.81. The number of urea groups is 1. The molecule has 1 fully saturated rings. The molecule has 1 aromatic carbocycles. The number of rotatable bonds is 4. The summed E-state index contributed by atoms with van der Waals surface area (Å²) in [5.41, 5.74) is 1.48. The molecule has 0 saturated carbocycles. The zero-order valence-corrected chi connectivity index (χ0v) is 15.0. The summed E-state index contributed by atoms with van der Waals surface area (Å²) in [6, 6.07) is 7.47. The number of hydrogen-bond acceptors (Lipinski definition) is 5. The molecule has 0 atom stereocenters. The van der Waals surface area contributed by atoms with Crippen molar-refractivity contribution in [2.45, 2.75) is 13.8 Å². The van der Waals surface area contributed by atoms with E-state index in [2.05, 4.69) is 25.5 Å². The number of nitrogens with zero attached hydrogens (tertiary/aromatic N) is 4. The number of benzene rings is 1. The molecule has 1 aliphatic heterocycles. The molecule has 2 amide bonds. The first-order valence-corrected chi connectivity index (χ1v) is 8.71. The molecule has 2 aromatic rings. The number of aromatic nitrogens is 2. The minimum absolute atomic E-state index is 0.185. The summed E-state index contributed by atoms with van der Waals surface area (Å²) in [5.74, 6) is 1.16. The number of halogens is 1. The van der Waals surface area contributed by atoms with E-state index in [1.54, 1.807) is 17.0 Å². The van der Waals surface area contributed by atoms with Crippen LogP contribution in [0.25, 0.3) is 0 Å². The second-order valence-electron chi connectivity index (χ2n) is 6.14. The average Bonchev–Trinajstić information content (AvgIpc) is 2.63. The highest BCUT2D eigenvalue weighted by atomic mass is 19.1. The van der Waals surface area contributed by atoms with Crippen molar-refractivity contribution in [3.63, 3.8) is 0 Å². The van der Waals surface area contributed by atoms with Crippen molar-refractivity contribution in [2.75, 3.05) is 48.3 Å². The van der Waals surface area contributed by atoms with Crippen LogP contribution in [0.3, 0.4) is 0 Å². The highest BCUT2D eigenvalue weighted by Crippen LogP contribution is 2.16. The SMILES string of the molecule is CCNc1cc(C)nc(N2CCN(C(=O)Nc3ccc(F)cc3)CC2)n1. The minimum atomic E-state index is -0.327. The van der Waals surface area contributed by atoms with Gasteiger partial charge in [-0.2, -0.15) is 4.98 Å². The van der Waals surface area contributed by atoms with Crippen LogP contribution >= 0.6 is 0 Å². The highest BCUT2D eigenvalue weighted by Gasteiger charge is 2.23. The zero-order chi connectivity index (χ0) is 18.5. The lowest BCUT2D eigenvalue weighted by Gasteiger charge is -2.34. The number of carbonyl (C=O) groups excluding carboxylic acids is 1. The summed E-state index contributed by atoms with van der Waals surface area (Å²) in [7, 11) is 0. The Hall–Kier alpha value is -2.90. The van der Waals surface area contributed by atoms with Crippen LogP contribution in [0, 0.1) is 12.7 Å². The van der Waals surface area contributed by atoms with E-state index in [4.69, 9.17) is 0 Å². The Bertz CT molecular complexity index is 759. The molecule has 3 rings (SSSR count). The summed E-state index contributed by atoms with van der Waals surface area (Å²) >= 11 is 0. The van der Waals surface area contributed by atoms with Gasteiger partial charge in [-0.25, -0.2) is 14.2 Å². The van der Waals surface area contributed by atoms with Crippen molar-refractivity contribution in [1.82, 2.24) is 14.9 Å². The molecule has 0 radical (unpaired) electrons. The smallest absolute Gasteiger partial charge is 0.321 e. The normalized spacial score (nSPS) is 14.3. The first-order valence-electron chi connectivity index (χ1n) is 8.71. The first kappa shape index (κ1) is 17.9. The summed E-state index contributed by atoms with van der Waals surface area (Å²) in [6.07, 6.45) is 0. The van der Waals surface area contributed by atoms with Crippen molar-refractivity contribution in [3.8, 4) is 0 Å². The Morgan fingerprint density at radius 1 is 1.15 bits per heavy atom. The predicted octanol–water partition coefficient (Wildman–Crippen LogP) is 2.71. The van der Waals surface area contributed by atoms with Crippen LogP contribution in [0.2, 0.25) is 0 Å².